The molecule has 96 valence electrons. The van der Waals surface area contributed by atoms with E-state index in [2.05, 4.69) is 28.8 Å². The molecule has 1 heterocycles. The van der Waals surface area contributed by atoms with Gasteiger partial charge in [0.1, 0.15) is 5.82 Å². The summed E-state index contributed by atoms with van der Waals surface area (Å²) in [5, 5.41) is 3.64. The summed E-state index contributed by atoms with van der Waals surface area (Å²) in [4.78, 5) is 4.39. The van der Waals surface area contributed by atoms with Crippen molar-refractivity contribution in [3.63, 3.8) is 0 Å². The highest BCUT2D eigenvalue weighted by molar-refractivity contribution is 4.92. The number of aromatic nitrogens is 2. The van der Waals surface area contributed by atoms with Crippen molar-refractivity contribution in [2.45, 2.75) is 51.5 Å². The molecule has 2 atom stereocenters. The Hall–Kier alpha value is -0.830. The Bertz CT molecular complexity index is 332. The van der Waals surface area contributed by atoms with E-state index < -0.39 is 0 Å². The molecule has 1 fully saturated rings. The SMILES string of the molecule is CCCNC1CCC(CCc2nccn2C)C1. The average Bonchev–Trinajstić information content (AvgIpc) is 2.93. The van der Waals surface area contributed by atoms with Crippen molar-refractivity contribution in [2.75, 3.05) is 6.54 Å². The van der Waals surface area contributed by atoms with Gasteiger partial charge >= 0.3 is 0 Å². The molecule has 0 saturated heterocycles. The van der Waals surface area contributed by atoms with Crippen molar-refractivity contribution in [3.8, 4) is 0 Å². The number of aryl methyl sites for hydroxylation is 2. The summed E-state index contributed by atoms with van der Waals surface area (Å²) >= 11 is 0. The fraction of sp³-hybridized carbons (Fsp3) is 0.786. The molecule has 1 saturated carbocycles. The number of nitrogens with one attached hydrogen (secondary N) is 1. The van der Waals surface area contributed by atoms with Gasteiger partial charge in [0.25, 0.3) is 0 Å². The van der Waals surface area contributed by atoms with E-state index in [4.69, 9.17) is 0 Å². The van der Waals surface area contributed by atoms with Crippen LogP contribution in [0.25, 0.3) is 0 Å². The monoisotopic (exact) mass is 235 g/mol. The minimum absolute atomic E-state index is 0.779. The minimum atomic E-state index is 0.779. The average molecular weight is 235 g/mol. The Morgan fingerprint density at radius 3 is 3.06 bits per heavy atom. The van der Waals surface area contributed by atoms with Crippen molar-refractivity contribution in [1.29, 1.82) is 0 Å². The zero-order chi connectivity index (χ0) is 12.1. The quantitative estimate of drug-likeness (QED) is 0.821. The van der Waals surface area contributed by atoms with Gasteiger partial charge in [-0.1, -0.05) is 6.92 Å². The third kappa shape index (κ3) is 3.56. The molecule has 1 aromatic heterocycles. The molecule has 1 aromatic rings. The van der Waals surface area contributed by atoms with Gasteiger partial charge in [0, 0.05) is 31.9 Å². The molecule has 0 bridgehead atoms. The first kappa shape index (κ1) is 12.6. The standard InChI is InChI=1S/C14H25N3/c1-3-8-15-13-6-4-12(11-13)5-7-14-16-9-10-17(14)2/h9-10,12-13,15H,3-8,11H2,1-2H3. The predicted octanol–water partition coefficient (Wildman–Crippen LogP) is 2.52. The summed E-state index contributed by atoms with van der Waals surface area (Å²) < 4.78 is 2.14. The van der Waals surface area contributed by atoms with Crippen LogP contribution in [0.15, 0.2) is 12.4 Å². The lowest BCUT2D eigenvalue weighted by Crippen LogP contribution is -2.27. The molecule has 1 aliphatic carbocycles. The Morgan fingerprint density at radius 2 is 2.35 bits per heavy atom. The number of hydrogen-bond acceptors (Lipinski definition) is 2. The van der Waals surface area contributed by atoms with Gasteiger partial charge in [0.05, 0.1) is 0 Å². The van der Waals surface area contributed by atoms with E-state index in [0.29, 0.717) is 0 Å². The molecule has 0 aromatic carbocycles. The first-order valence-corrected chi connectivity index (χ1v) is 6.99. The fourth-order valence-corrected chi connectivity index (χ4v) is 2.84. The third-order valence-electron chi connectivity index (χ3n) is 3.92. The van der Waals surface area contributed by atoms with E-state index in [1.54, 1.807) is 0 Å². The number of imidazole rings is 1. The summed E-state index contributed by atoms with van der Waals surface area (Å²) in [6, 6.07) is 0.779. The normalized spacial score (nSPS) is 24.4. The first-order valence-electron chi connectivity index (χ1n) is 6.99. The van der Waals surface area contributed by atoms with Crippen LogP contribution < -0.4 is 5.32 Å². The summed E-state index contributed by atoms with van der Waals surface area (Å²) in [5.41, 5.74) is 0. The molecule has 0 amide bonds. The van der Waals surface area contributed by atoms with Gasteiger partial charge in [-0.25, -0.2) is 4.98 Å². The second kappa shape index (κ2) is 6.20. The smallest absolute Gasteiger partial charge is 0.108 e. The van der Waals surface area contributed by atoms with E-state index in [0.717, 1.165) is 18.4 Å². The highest BCUT2D eigenvalue weighted by Gasteiger charge is 2.23. The molecule has 0 spiro atoms. The zero-order valence-electron chi connectivity index (χ0n) is 11.2. The first-order chi connectivity index (χ1) is 8.29. The lowest BCUT2D eigenvalue weighted by Gasteiger charge is -2.12. The second-order valence-corrected chi connectivity index (χ2v) is 5.32. The molecule has 0 radical (unpaired) electrons. The van der Waals surface area contributed by atoms with Crippen LogP contribution in [0.1, 0.15) is 44.9 Å². The fourth-order valence-electron chi connectivity index (χ4n) is 2.84. The van der Waals surface area contributed by atoms with Crippen LogP contribution in [-0.2, 0) is 13.5 Å². The van der Waals surface area contributed by atoms with Crippen LogP contribution in [-0.4, -0.2) is 22.1 Å². The van der Waals surface area contributed by atoms with Gasteiger partial charge in [-0.3, -0.25) is 0 Å². The van der Waals surface area contributed by atoms with Crippen molar-refractivity contribution in [3.05, 3.63) is 18.2 Å². The molecule has 1 aliphatic rings. The van der Waals surface area contributed by atoms with Crippen molar-refractivity contribution in [2.24, 2.45) is 13.0 Å². The molecular weight excluding hydrogens is 210 g/mol. The molecule has 3 nitrogen and oxygen atoms in total. The highest BCUT2D eigenvalue weighted by atomic mass is 15.0. The molecule has 1 N–H and O–H groups in total. The Morgan fingerprint density at radius 1 is 1.47 bits per heavy atom. The largest absolute Gasteiger partial charge is 0.338 e. The molecule has 2 unspecified atom stereocenters. The summed E-state index contributed by atoms with van der Waals surface area (Å²) in [6.45, 7) is 3.41. The maximum Gasteiger partial charge on any atom is 0.108 e. The van der Waals surface area contributed by atoms with Crippen LogP contribution in [0.3, 0.4) is 0 Å². The molecular formula is C14H25N3. The molecule has 3 heteroatoms. The maximum atomic E-state index is 4.39. The van der Waals surface area contributed by atoms with Crippen molar-refractivity contribution < 1.29 is 0 Å². The van der Waals surface area contributed by atoms with E-state index in [1.165, 1.54) is 44.5 Å². The summed E-state index contributed by atoms with van der Waals surface area (Å²) in [5.74, 6) is 2.14. The van der Waals surface area contributed by atoms with Crippen molar-refractivity contribution in [1.82, 2.24) is 14.9 Å². The van der Waals surface area contributed by atoms with Crippen molar-refractivity contribution >= 4 is 0 Å². The van der Waals surface area contributed by atoms with Crippen LogP contribution >= 0.6 is 0 Å². The van der Waals surface area contributed by atoms with Crippen LogP contribution in [0.4, 0.5) is 0 Å². The Balaban J connectivity index is 1.69. The number of hydrogen-bond donors (Lipinski definition) is 1. The number of rotatable bonds is 6. The topological polar surface area (TPSA) is 29.9 Å². The molecule has 2 rings (SSSR count). The molecule has 0 aliphatic heterocycles. The van der Waals surface area contributed by atoms with Crippen LogP contribution in [0, 0.1) is 5.92 Å². The lowest BCUT2D eigenvalue weighted by molar-refractivity contribution is 0.458. The Labute approximate surface area is 105 Å². The van der Waals surface area contributed by atoms with Crippen LogP contribution in [0.5, 0.6) is 0 Å². The van der Waals surface area contributed by atoms with E-state index >= 15 is 0 Å². The maximum absolute atomic E-state index is 4.39. The summed E-state index contributed by atoms with van der Waals surface area (Å²) in [6.07, 6.45) is 11.7. The lowest BCUT2D eigenvalue weighted by atomic mass is 10.0. The van der Waals surface area contributed by atoms with E-state index in [9.17, 15) is 0 Å². The third-order valence-corrected chi connectivity index (χ3v) is 3.92. The van der Waals surface area contributed by atoms with Gasteiger partial charge in [-0.2, -0.15) is 0 Å². The van der Waals surface area contributed by atoms with E-state index in [1.807, 2.05) is 12.4 Å². The van der Waals surface area contributed by atoms with Gasteiger partial charge in [0.15, 0.2) is 0 Å². The van der Waals surface area contributed by atoms with Gasteiger partial charge < -0.3 is 9.88 Å². The second-order valence-electron chi connectivity index (χ2n) is 5.32. The van der Waals surface area contributed by atoms with Crippen LogP contribution in [0.2, 0.25) is 0 Å². The Kier molecular flexibility index (Phi) is 4.60. The molecule has 17 heavy (non-hydrogen) atoms. The van der Waals surface area contributed by atoms with Gasteiger partial charge in [-0.15, -0.1) is 0 Å². The summed E-state index contributed by atoms with van der Waals surface area (Å²) in [7, 11) is 2.09. The zero-order valence-corrected chi connectivity index (χ0v) is 11.2. The van der Waals surface area contributed by atoms with Gasteiger partial charge in [-0.05, 0) is 44.6 Å². The van der Waals surface area contributed by atoms with E-state index in [-0.39, 0.29) is 0 Å². The number of nitrogens with zero attached hydrogens (tertiary/aromatic N) is 2. The predicted molar refractivity (Wildman–Crippen MR) is 71.0 cm³/mol. The highest BCUT2D eigenvalue weighted by Crippen LogP contribution is 2.29. The minimum Gasteiger partial charge on any atom is -0.338 e. The van der Waals surface area contributed by atoms with Gasteiger partial charge in [0.2, 0.25) is 0 Å².